The van der Waals surface area contributed by atoms with E-state index in [1.54, 1.807) is 0 Å². The molecule has 0 aromatic heterocycles. The molecule has 0 radical (unpaired) electrons. The van der Waals surface area contributed by atoms with Crippen LogP contribution in [0.4, 0.5) is 0 Å². The lowest BCUT2D eigenvalue weighted by molar-refractivity contribution is -0.144. The highest BCUT2D eigenvalue weighted by atomic mass is 16.5. The predicted octanol–water partition coefficient (Wildman–Crippen LogP) is 5.99. The van der Waals surface area contributed by atoms with E-state index in [0.717, 1.165) is 19.3 Å². The summed E-state index contributed by atoms with van der Waals surface area (Å²) >= 11 is 0. The maximum Gasteiger partial charge on any atom is 0.305 e. The first-order valence-electron chi connectivity index (χ1n) is 8.65. The van der Waals surface area contributed by atoms with Gasteiger partial charge < -0.3 is 4.74 Å². The van der Waals surface area contributed by atoms with E-state index in [-0.39, 0.29) is 5.97 Å². The molecule has 0 saturated carbocycles. The van der Waals surface area contributed by atoms with E-state index in [9.17, 15) is 4.79 Å². The average molecular weight is 299 g/mol. The lowest BCUT2D eigenvalue weighted by Gasteiger charge is -2.23. The number of esters is 1. The molecule has 0 aromatic rings. The molecule has 0 N–H and O–H groups in total. The van der Waals surface area contributed by atoms with Crippen LogP contribution in [0.3, 0.4) is 0 Å². The first-order valence-corrected chi connectivity index (χ1v) is 8.65. The summed E-state index contributed by atoms with van der Waals surface area (Å²) in [5, 5.41) is 0. The second-order valence-electron chi connectivity index (χ2n) is 9.00. The van der Waals surface area contributed by atoms with E-state index < -0.39 is 0 Å². The summed E-state index contributed by atoms with van der Waals surface area (Å²) in [6.07, 6.45) is 7.27. The molecule has 0 bridgehead atoms. The van der Waals surface area contributed by atoms with Crippen LogP contribution < -0.4 is 0 Å². The van der Waals surface area contributed by atoms with Crippen LogP contribution in [-0.4, -0.2) is 12.6 Å². The number of unbranched alkanes of at least 4 members (excludes halogenated alkanes) is 2. The van der Waals surface area contributed by atoms with E-state index in [4.69, 9.17) is 4.74 Å². The molecule has 2 heteroatoms. The van der Waals surface area contributed by atoms with Crippen molar-refractivity contribution >= 4 is 5.97 Å². The van der Waals surface area contributed by atoms with E-state index in [0.29, 0.717) is 29.8 Å². The highest BCUT2D eigenvalue weighted by Crippen LogP contribution is 2.26. The Balaban J connectivity index is 3.55. The molecule has 0 aromatic carbocycles. The first kappa shape index (κ1) is 20.5. The maximum absolute atomic E-state index is 11.6. The lowest BCUT2D eigenvalue weighted by atomic mass is 9.84. The molecule has 0 aliphatic rings. The van der Waals surface area contributed by atoms with Gasteiger partial charge in [0.05, 0.1) is 6.61 Å². The van der Waals surface area contributed by atoms with Gasteiger partial charge >= 0.3 is 5.97 Å². The molecule has 126 valence electrons. The Morgan fingerprint density at radius 2 is 1.57 bits per heavy atom. The van der Waals surface area contributed by atoms with Gasteiger partial charge in [-0.15, -0.1) is 0 Å². The van der Waals surface area contributed by atoms with Crippen molar-refractivity contribution in [3.05, 3.63) is 0 Å². The van der Waals surface area contributed by atoms with E-state index in [2.05, 4.69) is 48.5 Å². The largest absolute Gasteiger partial charge is 0.466 e. The SMILES string of the molecule is CC(CCOC(=O)CCCCCC(C)(C)C)CC(C)(C)C. The molecule has 0 aliphatic heterocycles. The molecule has 0 fully saturated rings. The minimum Gasteiger partial charge on any atom is -0.466 e. The molecule has 2 nitrogen and oxygen atoms in total. The topological polar surface area (TPSA) is 26.3 Å². The lowest BCUT2D eigenvalue weighted by Crippen LogP contribution is -2.14. The number of rotatable bonds is 9. The van der Waals surface area contributed by atoms with Crippen molar-refractivity contribution in [2.75, 3.05) is 6.61 Å². The number of hydrogen-bond acceptors (Lipinski definition) is 2. The Kier molecular flexibility index (Phi) is 9.24. The van der Waals surface area contributed by atoms with E-state index in [1.165, 1.54) is 19.3 Å². The van der Waals surface area contributed by atoms with Gasteiger partial charge in [-0.2, -0.15) is 0 Å². The average Bonchev–Trinajstić information content (AvgIpc) is 2.24. The van der Waals surface area contributed by atoms with Crippen molar-refractivity contribution in [1.29, 1.82) is 0 Å². The number of ether oxygens (including phenoxy) is 1. The van der Waals surface area contributed by atoms with Gasteiger partial charge in [0, 0.05) is 6.42 Å². The molecule has 0 spiro atoms. The summed E-state index contributed by atoms with van der Waals surface area (Å²) in [6.45, 7) is 16.4. The second kappa shape index (κ2) is 9.48. The van der Waals surface area contributed by atoms with Crippen LogP contribution in [0.5, 0.6) is 0 Å². The standard InChI is InChI=1S/C19H38O2/c1-16(15-19(5,6)7)12-14-21-17(20)11-9-8-10-13-18(2,3)4/h16H,8-15H2,1-7H3. The second-order valence-corrected chi connectivity index (χ2v) is 9.00. The van der Waals surface area contributed by atoms with Crippen molar-refractivity contribution < 1.29 is 9.53 Å². The Labute approximate surface area is 133 Å². The quantitative estimate of drug-likeness (QED) is 0.386. The summed E-state index contributed by atoms with van der Waals surface area (Å²) in [5.74, 6) is 0.596. The third-order valence-corrected chi connectivity index (χ3v) is 3.64. The summed E-state index contributed by atoms with van der Waals surface area (Å²) in [7, 11) is 0. The molecule has 0 rings (SSSR count). The van der Waals surface area contributed by atoms with Crippen molar-refractivity contribution in [3.8, 4) is 0 Å². The number of hydrogen-bond donors (Lipinski definition) is 0. The van der Waals surface area contributed by atoms with Gasteiger partial charge in [0.2, 0.25) is 0 Å². The zero-order chi connectivity index (χ0) is 16.5. The highest BCUT2D eigenvalue weighted by Gasteiger charge is 2.15. The molecule has 0 saturated heterocycles. The normalized spacial score (nSPS) is 14.0. The van der Waals surface area contributed by atoms with E-state index in [1.807, 2.05) is 0 Å². The fraction of sp³-hybridized carbons (Fsp3) is 0.947. The van der Waals surface area contributed by atoms with Gasteiger partial charge in [0.15, 0.2) is 0 Å². The van der Waals surface area contributed by atoms with Gasteiger partial charge in [-0.1, -0.05) is 61.3 Å². The zero-order valence-electron chi connectivity index (χ0n) is 15.6. The van der Waals surface area contributed by atoms with Crippen molar-refractivity contribution in [3.63, 3.8) is 0 Å². The van der Waals surface area contributed by atoms with Crippen LogP contribution in [0.2, 0.25) is 0 Å². The number of carbonyl (C=O) groups is 1. The van der Waals surface area contributed by atoms with Crippen LogP contribution in [0, 0.1) is 16.7 Å². The molecular formula is C19H38O2. The molecule has 21 heavy (non-hydrogen) atoms. The van der Waals surface area contributed by atoms with Gasteiger partial charge in [-0.3, -0.25) is 4.79 Å². The Morgan fingerprint density at radius 3 is 2.10 bits per heavy atom. The third-order valence-electron chi connectivity index (χ3n) is 3.64. The minimum absolute atomic E-state index is 0.0197. The van der Waals surface area contributed by atoms with Gasteiger partial charge in [-0.25, -0.2) is 0 Å². The Hall–Kier alpha value is -0.530. The molecule has 0 amide bonds. The molecule has 1 atom stereocenters. The maximum atomic E-state index is 11.6. The summed E-state index contributed by atoms with van der Waals surface area (Å²) in [6, 6.07) is 0. The fourth-order valence-electron chi connectivity index (χ4n) is 2.70. The van der Waals surface area contributed by atoms with Crippen LogP contribution >= 0.6 is 0 Å². The summed E-state index contributed by atoms with van der Waals surface area (Å²) in [4.78, 5) is 11.6. The minimum atomic E-state index is -0.0197. The van der Waals surface area contributed by atoms with Crippen LogP contribution in [-0.2, 0) is 9.53 Å². The van der Waals surface area contributed by atoms with E-state index >= 15 is 0 Å². The number of carbonyl (C=O) groups excluding carboxylic acids is 1. The predicted molar refractivity (Wildman–Crippen MR) is 91.4 cm³/mol. The Morgan fingerprint density at radius 1 is 0.952 bits per heavy atom. The zero-order valence-corrected chi connectivity index (χ0v) is 15.6. The Bertz CT molecular complexity index is 281. The molecule has 1 unspecified atom stereocenters. The van der Waals surface area contributed by atoms with Gasteiger partial charge in [0.1, 0.15) is 0 Å². The third kappa shape index (κ3) is 15.7. The van der Waals surface area contributed by atoms with Gasteiger partial charge in [-0.05, 0) is 42.4 Å². The van der Waals surface area contributed by atoms with Crippen molar-refractivity contribution in [2.45, 2.75) is 93.4 Å². The molecule has 0 heterocycles. The van der Waals surface area contributed by atoms with Crippen LogP contribution in [0.1, 0.15) is 93.4 Å². The fourth-order valence-corrected chi connectivity index (χ4v) is 2.70. The monoisotopic (exact) mass is 298 g/mol. The molecule has 0 aliphatic carbocycles. The van der Waals surface area contributed by atoms with Gasteiger partial charge in [0.25, 0.3) is 0 Å². The highest BCUT2D eigenvalue weighted by molar-refractivity contribution is 5.69. The van der Waals surface area contributed by atoms with Crippen molar-refractivity contribution in [2.24, 2.45) is 16.7 Å². The summed E-state index contributed by atoms with van der Waals surface area (Å²) < 4.78 is 5.34. The van der Waals surface area contributed by atoms with Crippen LogP contribution in [0.25, 0.3) is 0 Å². The van der Waals surface area contributed by atoms with Crippen molar-refractivity contribution in [1.82, 2.24) is 0 Å². The first-order chi connectivity index (χ1) is 9.49. The summed E-state index contributed by atoms with van der Waals surface area (Å²) in [5.41, 5.74) is 0.764. The smallest absolute Gasteiger partial charge is 0.305 e. The van der Waals surface area contributed by atoms with Crippen LogP contribution in [0.15, 0.2) is 0 Å². The molecular weight excluding hydrogens is 260 g/mol.